The topological polar surface area (TPSA) is 207 Å². The molecule has 0 bridgehead atoms. The molecule has 8 nitrogen and oxygen atoms in total. The van der Waals surface area contributed by atoms with E-state index in [-0.39, 0.29) is 106 Å². The van der Waals surface area contributed by atoms with Gasteiger partial charge in [-0.05, 0) is 0 Å². The molecule has 12 N–H and O–H groups in total. The summed E-state index contributed by atoms with van der Waals surface area (Å²) in [6.07, 6.45) is 0. The molecule has 0 atom stereocenters. The largest absolute Gasteiger partial charge is 1.00 e. The van der Waals surface area contributed by atoms with E-state index < -0.39 is 9.05 Å². The molecule has 0 amide bonds. The van der Waals surface area contributed by atoms with E-state index in [1.165, 1.54) is 0 Å². The second-order valence-electron chi connectivity index (χ2n) is 0.600. The van der Waals surface area contributed by atoms with Crippen molar-refractivity contribution in [2.45, 2.75) is 0 Å². The third-order valence-electron chi connectivity index (χ3n) is 0. The van der Waals surface area contributed by atoms with Crippen molar-refractivity contribution >= 4 is 9.05 Å². The van der Waals surface area contributed by atoms with Gasteiger partial charge < -0.3 is 43.9 Å². The van der Waals surface area contributed by atoms with Crippen LogP contribution in [0.4, 0.5) is 0 Å². The summed E-state index contributed by atoms with van der Waals surface area (Å²) in [5.41, 5.74) is 0. The maximum absolute atomic E-state index is 7.33. The van der Waals surface area contributed by atoms with Gasteiger partial charge in [0.15, 0.2) is 0 Å². The van der Waals surface area contributed by atoms with Crippen LogP contribution in [0.1, 0.15) is 2.85 Å². The molecule has 11 heteroatoms. The van der Waals surface area contributed by atoms with Gasteiger partial charge in [0.2, 0.25) is 0 Å². The molecular formula is H14KNaO8Si. The van der Waals surface area contributed by atoms with Crippen molar-refractivity contribution in [1.29, 1.82) is 0 Å². The molecule has 0 unspecified atom stereocenters. The molecule has 0 radical (unpaired) electrons. The summed E-state index contributed by atoms with van der Waals surface area (Å²) in [6.45, 7) is 0. The van der Waals surface area contributed by atoms with E-state index in [0.29, 0.717) is 0 Å². The van der Waals surface area contributed by atoms with Crippen molar-refractivity contribution in [2.75, 3.05) is 0 Å². The predicted octanol–water partition coefficient (Wildman–Crippen LogP) is -11.7. The Balaban J connectivity index is -0.00000000286. The second kappa shape index (κ2) is 22.9. The van der Waals surface area contributed by atoms with E-state index in [4.69, 9.17) is 19.2 Å². The molecule has 0 aliphatic heterocycles. The van der Waals surface area contributed by atoms with Gasteiger partial charge in [0, 0.05) is 0 Å². The Bertz CT molecular complexity index is 37.6. The standard InChI is InChI=1S/K.Na.H4O4Si.4H2O.2H/c;;1-5(2,3)4;;;;;;/h;;1-4H;4*1H2;;/q2*+1;;;;;;2*-1. The summed E-state index contributed by atoms with van der Waals surface area (Å²) in [6, 6.07) is 0. The first-order valence-electron chi connectivity index (χ1n) is 0.894. The van der Waals surface area contributed by atoms with Crippen LogP contribution in [0.3, 0.4) is 0 Å². The zero-order valence-corrected chi connectivity index (χ0v) is 12.4. The first-order chi connectivity index (χ1) is 2.00. The van der Waals surface area contributed by atoms with Gasteiger partial charge in [-0.2, -0.15) is 0 Å². The molecule has 0 aromatic rings. The first kappa shape index (κ1) is 49.8. The fraction of sp³-hybridized carbons (Fsp3) is 0. The first-order valence-corrected chi connectivity index (χ1v) is 2.68. The van der Waals surface area contributed by atoms with Gasteiger partial charge in [0.05, 0.1) is 0 Å². The summed E-state index contributed by atoms with van der Waals surface area (Å²) in [7, 11) is -4.61. The van der Waals surface area contributed by atoms with E-state index in [0.717, 1.165) is 0 Å². The van der Waals surface area contributed by atoms with Gasteiger partial charge in [-0.3, -0.25) is 0 Å². The number of hydrogen-bond donors (Lipinski definition) is 4. The van der Waals surface area contributed by atoms with Crippen molar-refractivity contribution in [3.05, 3.63) is 0 Å². The van der Waals surface area contributed by atoms with Crippen LogP contribution in [0.15, 0.2) is 0 Å². The SMILES string of the molecule is O.O.O.O.O[Si](O)(O)O.[H-].[H-].[K+].[Na+]. The van der Waals surface area contributed by atoms with E-state index in [9.17, 15) is 0 Å². The van der Waals surface area contributed by atoms with Crippen LogP contribution in [0.25, 0.3) is 0 Å². The van der Waals surface area contributed by atoms with Crippen LogP contribution < -0.4 is 80.9 Å². The normalized spacial score (nSPS) is 5.45. The van der Waals surface area contributed by atoms with Crippen LogP contribution in [0.2, 0.25) is 0 Å². The van der Waals surface area contributed by atoms with Gasteiger partial charge in [0.25, 0.3) is 0 Å². The van der Waals surface area contributed by atoms with E-state index in [2.05, 4.69) is 0 Å². The molecule has 0 aromatic heterocycles. The average Bonchev–Trinajstić information content (AvgIpc) is 0.722. The van der Waals surface area contributed by atoms with Gasteiger partial charge in [0.1, 0.15) is 0 Å². The van der Waals surface area contributed by atoms with Crippen molar-refractivity contribution < 1.29 is 125 Å². The molecule has 0 aliphatic rings. The zero-order valence-electron chi connectivity index (χ0n) is 8.29. The van der Waals surface area contributed by atoms with Crippen molar-refractivity contribution in [2.24, 2.45) is 0 Å². The van der Waals surface area contributed by atoms with Crippen LogP contribution in [0.5, 0.6) is 0 Å². The summed E-state index contributed by atoms with van der Waals surface area (Å²) in [5, 5.41) is 0. The fourth-order valence-corrected chi connectivity index (χ4v) is 0. The van der Waals surface area contributed by atoms with Gasteiger partial charge in [-0.15, -0.1) is 0 Å². The summed E-state index contributed by atoms with van der Waals surface area (Å²) < 4.78 is 0. The van der Waals surface area contributed by atoms with Crippen molar-refractivity contribution in [1.82, 2.24) is 0 Å². The molecule has 0 spiro atoms. The van der Waals surface area contributed by atoms with E-state index in [1.54, 1.807) is 0 Å². The minimum absolute atomic E-state index is 0. The average molecular weight is 232 g/mol. The minimum Gasteiger partial charge on any atom is -1.00 e. The zero-order chi connectivity index (χ0) is 4.50. The van der Waals surface area contributed by atoms with Crippen LogP contribution in [0, 0.1) is 0 Å². The Morgan fingerprint density at radius 2 is 0.727 bits per heavy atom. The Morgan fingerprint density at radius 3 is 0.727 bits per heavy atom. The number of rotatable bonds is 0. The van der Waals surface area contributed by atoms with E-state index in [1.807, 2.05) is 0 Å². The Morgan fingerprint density at radius 1 is 0.727 bits per heavy atom. The predicted molar refractivity (Wildman–Crippen MR) is 31.3 cm³/mol. The molecule has 0 fully saturated rings. The molecular weight excluding hydrogens is 218 g/mol. The minimum atomic E-state index is -4.61. The molecule has 11 heavy (non-hydrogen) atoms. The van der Waals surface area contributed by atoms with Crippen LogP contribution in [-0.4, -0.2) is 50.1 Å². The van der Waals surface area contributed by atoms with Crippen molar-refractivity contribution in [3.8, 4) is 0 Å². The summed E-state index contributed by atoms with van der Waals surface area (Å²) in [4.78, 5) is 29.3. The van der Waals surface area contributed by atoms with Gasteiger partial charge in [-0.1, -0.05) is 0 Å². The summed E-state index contributed by atoms with van der Waals surface area (Å²) in [5.74, 6) is 0. The van der Waals surface area contributed by atoms with Crippen molar-refractivity contribution in [3.63, 3.8) is 0 Å². The molecule has 0 saturated heterocycles. The second-order valence-corrected chi connectivity index (χ2v) is 1.80. The van der Waals surface area contributed by atoms with Crippen LogP contribution in [-0.2, 0) is 0 Å². The number of hydrogen-bond acceptors (Lipinski definition) is 4. The quantitative estimate of drug-likeness (QED) is 0.300. The molecule has 68 valence electrons. The molecule has 0 aromatic carbocycles. The molecule has 0 rings (SSSR count). The fourth-order valence-electron chi connectivity index (χ4n) is 0. The molecule has 0 saturated carbocycles. The smallest absolute Gasteiger partial charge is 1.00 e. The monoisotopic (exact) mass is 232 g/mol. The maximum Gasteiger partial charge on any atom is 1.00 e. The van der Waals surface area contributed by atoms with Crippen LogP contribution >= 0.6 is 0 Å². The third-order valence-corrected chi connectivity index (χ3v) is 0. The Labute approximate surface area is 132 Å². The molecule has 0 aliphatic carbocycles. The maximum atomic E-state index is 7.33. The Hall–Kier alpha value is 2.53. The third kappa shape index (κ3) is 217. The molecule has 0 heterocycles. The van der Waals surface area contributed by atoms with Gasteiger partial charge >= 0.3 is 90.0 Å². The van der Waals surface area contributed by atoms with E-state index >= 15 is 0 Å². The van der Waals surface area contributed by atoms with Gasteiger partial charge in [-0.25, -0.2) is 0 Å². The Kier molecular flexibility index (Phi) is 104. The summed E-state index contributed by atoms with van der Waals surface area (Å²) >= 11 is 0.